The van der Waals surface area contributed by atoms with Crippen molar-refractivity contribution in [2.45, 2.75) is 19.0 Å². The molecule has 1 fully saturated rings. The van der Waals surface area contributed by atoms with Crippen LogP contribution < -0.4 is 5.32 Å². The molecule has 9 heavy (non-hydrogen) atoms. The van der Waals surface area contributed by atoms with E-state index in [0.717, 1.165) is 0 Å². The number of carbonyl (C=O) groups excluding carboxylic acids is 1. The zero-order valence-electron chi connectivity index (χ0n) is 5.14. The molecule has 1 aliphatic rings. The summed E-state index contributed by atoms with van der Waals surface area (Å²) < 4.78 is 12.1. The zero-order valence-corrected chi connectivity index (χ0v) is 5.14. The van der Waals surface area contributed by atoms with Gasteiger partial charge in [0.1, 0.15) is 6.17 Å². The van der Waals surface area contributed by atoms with Crippen LogP contribution in [0.25, 0.3) is 0 Å². The molecule has 0 aromatic rings. The van der Waals surface area contributed by atoms with Crippen molar-refractivity contribution in [2.24, 2.45) is 5.92 Å². The molecule has 0 spiro atoms. The van der Waals surface area contributed by atoms with Crippen molar-refractivity contribution in [3.05, 3.63) is 0 Å². The molecule has 0 aromatic heterocycles. The van der Waals surface area contributed by atoms with Crippen molar-refractivity contribution in [1.29, 1.82) is 0 Å². The van der Waals surface area contributed by atoms with Gasteiger partial charge in [-0.25, -0.2) is 4.39 Å². The molecular formula is C6H10FNO. The fourth-order valence-corrected chi connectivity index (χ4v) is 1.04. The van der Waals surface area contributed by atoms with Gasteiger partial charge in [-0.3, -0.25) is 4.79 Å². The third kappa shape index (κ3) is 1.66. The highest BCUT2D eigenvalue weighted by Gasteiger charge is 2.27. The quantitative estimate of drug-likeness (QED) is 0.554. The summed E-state index contributed by atoms with van der Waals surface area (Å²) in [5, 5.41) is 2.52. The average molecular weight is 131 g/mol. The van der Waals surface area contributed by atoms with E-state index in [1.54, 1.807) is 0 Å². The van der Waals surface area contributed by atoms with Crippen molar-refractivity contribution >= 4 is 6.41 Å². The molecule has 1 N–H and O–H groups in total. The van der Waals surface area contributed by atoms with Gasteiger partial charge >= 0.3 is 0 Å². The van der Waals surface area contributed by atoms with Crippen LogP contribution in [0.5, 0.6) is 0 Å². The third-order valence-corrected chi connectivity index (χ3v) is 1.67. The maximum atomic E-state index is 12.1. The highest BCUT2D eigenvalue weighted by Crippen LogP contribution is 2.28. The maximum absolute atomic E-state index is 12.1. The first-order valence-electron chi connectivity index (χ1n) is 3.14. The Balaban J connectivity index is 1.97. The molecule has 0 aliphatic heterocycles. The summed E-state index contributed by atoms with van der Waals surface area (Å²) in [5.74, 6) is 0.394. The second-order valence-electron chi connectivity index (χ2n) is 2.46. The molecule has 0 atom stereocenters. The summed E-state index contributed by atoms with van der Waals surface area (Å²) in [7, 11) is 0. The first kappa shape index (κ1) is 6.52. The van der Waals surface area contributed by atoms with Crippen molar-refractivity contribution in [3.8, 4) is 0 Å². The van der Waals surface area contributed by atoms with E-state index < -0.39 is 6.17 Å². The highest BCUT2D eigenvalue weighted by atomic mass is 19.1. The van der Waals surface area contributed by atoms with Crippen LogP contribution in [0.4, 0.5) is 4.39 Å². The zero-order chi connectivity index (χ0) is 6.69. The van der Waals surface area contributed by atoms with Gasteiger partial charge in [0.15, 0.2) is 0 Å². The minimum absolute atomic E-state index is 0.394. The predicted molar refractivity (Wildman–Crippen MR) is 31.7 cm³/mol. The van der Waals surface area contributed by atoms with Gasteiger partial charge in [0.2, 0.25) is 6.41 Å². The van der Waals surface area contributed by atoms with Gasteiger partial charge in [-0.15, -0.1) is 0 Å². The molecule has 1 amide bonds. The van der Waals surface area contributed by atoms with Crippen LogP contribution in [0.1, 0.15) is 12.8 Å². The lowest BCUT2D eigenvalue weighted by molar-refractivity contribution is -0.109. The van der Waals surface area contributed by atoms with E-state index in [4.69, 9.17) is 0 Å². The summed E-state index contributed by atoms with van der Waals surface area (Å²) in [4.78, 5) is 9.73. The second-order valence-corrected chi connectivity index (χ2v) is 2.46. The molecule has 2 nitrogen and oxygen atoms in total. The van der Waals surface area contributed by atoms with Gasteiger partial charge in [-0.05, 0) is 18.8 Å². The van der Waals surface area contributed by atoms with E-state index in [0.29, 0.717) is 31.7 Å². The van der Waals surface area contributed by atoms with Crippen molar-refractivity contribution in [3.63, 3.8) is 0 Å². The van der Waals surface area contributed by atoms with Gasteiger partial charge in [-0.1, -0.05) is 0 Å². The number of hydrogen-bond donors (Lipinski definition) is 1. The van der Waals surface area contributed by atoms with Crippen LogP contribution in [-0.4, -0.2) is 19.1 Å². The normalized spacial score (nSPS) is 33.0. The fourth-order valence-electron chi connectivity index (χ4n) is 1.04. The third-order valence-electron chi connectivity index (χ3n) is 1.67. The van der Waals surface area contributed by atoms with Crippen molar-refractivity contribution in [2.75, 3.05) is 6.54 Å². The molecule has 0 bridgehead atoms. The monoisotopic (exact) mass is 131 g/mol. The van der Waals surface area contributed by atoms with E-state index in [-0.39, 0.29) is 0 Å². The first-order chi connectivity index (χ1) is 4.33. The molecule has 0 heterocycles. The van der Waals surface area contributed by atoms with E-state index in [1.807, 2.05) is 0 Å². The smallest absolute Gasteiger partial charge is 0.207 e. The molecule has 1 aliphatic carbocycles. The highest BCUT2D eigenvalue weighted by molar-refractivity contribution is 5.45. The maximum Gasteiger partial charge on any atom is 0.207 e. The van der Waals surface area contributed by atoms with E-state index >= 15 is 0 Å². The standard InChI is InChI=1S/C6H10FNO/c7-6-1-5(2-6)3-8-4-9/h4-6H,1-3H2,(H,8,9). The average Bonchev–Trinajstić information content (AvgIpc) is 1.78. The second kappa shape index (κ2) is 2.80. The van der Waals surface area contributed by atoms with Crippen LogP contribution in [-0.2, 0) is 4.79 Å². The molecule has 1 saturated carbocycles. The number of nitrogens with one attached hydrogen (secondary N) is 1. The fraction of sp³-hybridized carbons (Fsp3) is 0.833. The molecule has 0 unspecified atom stereocenters. The molecule has 3 heteroatoms. The Bertz CT molecular complexity index is 101. The number of carbonyl (C=O) groups is 1. The summed E-state index contributed by atoms with van der Waals surface area (Å²) in [6, 6.07) is 0. The molecule has 0 radical (unpaired) electrons. The topological polar surface area (TPSA) is 29.1 Å². The first-order valence-corrected chi connectivity index (χ1v) is 3.14. The number of halogens is 1. The summed E-state index contributed by atoms with van der Waals surface area (Å²) in [5.41, 5.74) is 0. The molecule has 52 valence electrons. The van der Waals surface area contributed by atoms with E-state index in [2.05, 4.69) is 5.32 Å². The van der Waals surface area contributed by atoms with Gasteiger partial charge < -0.3 is 5.32 Å². The van der Waals surface area contributed by atoms with E-state index in [9.17, 15) is 9.18 Å². The van der Waals surface area contributed by atoms with Gasteiger partial charge in [0.05, 0.1) is 0 Å². The summed E-state index contributed by atoms with van der Waals surface area (Å²) in [6.45, 7) is 0.643. The Morgan fingerprint density at radius 2 is 2.33 bits per heavy atom. The van der Waals surface area contributed by atoms with Crippen LogP contribution >= 0.6 is 0 Å². The van der Waals surface area contributed by atoms with Crippen molar-refractivity contribution < 1.29 is 9.18 Å². The molecular weight excluding hydrogens is 121 g/mol. The Kier molecular flexibility index (Phi) is 2.03. The Hall–Kier alpha value is -0.600. The predicted octanol–water partition coefficient (Wildman–Crippen LogP) is 0.480. The summed E-state index contributed by atoms with van der Waals surface area (Å²) >= 11 is 0. The molecule has 0 saturated heterocycles. The Morgan fingerprint density at radius 1 is 1.67 bits per heavy atom. The van der Waals surface area contributed by atoms with Crippen molar-refractivity contribution in [1.82, 2.24) is 5.32 Å². The minimum Gasteiger partial charge on any atom is -0.358 e. The van der Waals surface area contributed by atoms with Crippen LogP contribution in [0.3, 0.4) is 0 Å². The molecule has 0 aromatic carbocycles. The van der Waals surface area contributed by atoms with Crippen LogP contribution in [0.2, 0.25) is 0 Å². The molecule has 1 rings (SSSR count). The minimum atomic E-state index is -0.608. The Labute approximate surface area is 53.4 Å². The largest absolute Gasteiger partial charge is 0.358 e. The lowest BCUT2D eigenvalue weighted by atomic mass is 9.84. The number of rotatable bonds is 3. The lowest BCUT2D eigenvalue weighted by Gasteiger charge is -2.28. The van der Waals surface area contributed by atoms with Gasteiger partial charge in [0, 0.05) is 6.54 Å². The SMILES string of the molecule is O=CNCC1CC(F)C1. The number of amides is 1. The van der Waals surface area contributed by atoms with E-state index in [1.165, 1.54) is 0 Å². The number of alkyl halides is 1. The van der Waals surface area contributed by atoms with Gasteiger partial charge in [0.25, 0.3) is 0 Å². The van der Waals surface area contributed by atoms with Crippen LogP contribution in [0, 0.1) is 5.92 Å². The van der Waals surface area contributed by atoms with Crippen LogP contribution in [0.15, 0.2) is 0 Å². The van der Waals surface area contributed by atoms with Gasteiger partial charge in [-0.2, -0.15) is 0 Å². The number of hydrogen-bond acceptors (Lipinski definition) is 1. The Morgan fingerprint density at radius 3 is 2.78 bits per heavy atom. The lowest BCUT2D eigenvalue weighted by Crippen LogP contribution is -2.33. The summed E-state index contributed by atoms with van der Waals surface area (Å²) in [6.07, 6.45) is 1.30.